The topological polar surface area (TPSA) is 0 Å². The molecule has 0 aromatic rings. The summed E-state index contributed by atoms with van der Waals surface area (Å²) in [6.45, 7) is 6.01. The summed E-state index contributed by atoms with van der Waals surface area (Å²) in [5.41, 5.74) is 0. The lowest BCUT2D eigenvalue weighted by molar-refractivity contribution is 0.727. The zero-order valence-electron chi connectivity index (χ0n) is 9.67. The second-order valence-electron chi connectivity index (χ2n) is 3.66. The molecule has 0 N–H and O–H groups in total. The quantitative estimate of drug-likeness (QED) is 0.354. The van der Waals surface area contributed by atoms with Crippen molar-refractivity contribution in [3.8, 4) is 0 Å². The van der Waals surface area contributed by atoms with Gasteiger partial charge in [-0.25, -0.2) is 0 Å². The summed E-state index contributed by atoms with van der Waals surface area (Å²) in [5.74, 6) is 0. The maximum Gasteiger partial charge on any atom is -0.0348 e. The monoisotopic (exact) mass is 193 g/mol. The first kappa shape index (κ1) is 13.5. The predicted molar refractivity (Wildman–Crippen MR) is 66.2 cm³/mol. The largest absolute Gasteiger partial charge is 0.0885 e. The Hall–Kier alpha value is -0.520. The van der Waals surface area contributed by atoms with Crippen molar-refractivity contribution >= 4 is 0 Å². The van der Waals surface area contributed by atoms with Crippen LogP contribution in [0, 0.1) is 6.92 Å². The first-order valence-electron chi connectivity index (χ1n) is 6.01. The van der Waals surface area contributed by atoms with E-state index in [4.69, 9.17) is 0 Å². The molecule has 0 aromatic carbocycles. The van der Waals surface area contributed by atoms with Gasteiger partial charge in [-0.05, 0) is 45.4 Å². The number of hydrogen-bond donors (Lipinski definition) is 0. The maximum absolute atomic E-state index is 3.76. The van der Waals surface area contributed by atoms with Gasteiger partial charge in [0.25, 0.3) is 0 Å². The van der Waals surface area contributed by atoms with Crippen LogP contribution in [0.5, 0.6) is 0 Å². The molecule has 81 valence electrons. The van der Waals surface area contributed by atoms with Crippen LogP contribution in [0.1, 0.15) is 58.3 Å². The van der Waals surface area contributed by atoms with E-state index < -0.39 is 0 Å². The van der Waals surface area contributed by atoms with Gasteiger partial charge >= 0.3 is 0 Å². The third-order valence-corrected chi connectivity index (χ3v) is 2.22. The van der Waals surface area contributed by atoms with Crippen LogP contribution in [-0.2, 0) is 0 Å². The highest BCUT2D eigenvalue weighted by atomic mass is 13.9. The molecule has 0 aliphatic heterocycles. The molecule has 0 saturated heterocycles. The fraction of sp³-hybridized carbons (Fsp3) is 0.643. The van der Waals surface area contributed by atoms with E-state index in [2.05, 4.69) is 38.2 Å². The standard InChI is InChI=1S/C14H25/c1-3-5-7-9-11-13-14-12-10-8-6-4-2/h5,7,12,14H,1,3-4,6,8-11,13H2,2H3/b7-5+,14-12+. The second kappa shape index (κ2) is 12.5. The van der Waals surface area contributed by atoms with Crippen molar-refractivity contribution in [1.29, 1.82) is 0 Å². The van der Waals surface area contributed by atoms with E-state index in [1.165, 1.54) is 44.9 Å². The molecule has 0 bridgehead atoms. The Morgan fingerprint density at radius 1 is 0.786 bits per heavy atom. The fourth-order valence-corrected chi connectivity index (χ4v) is 1.34. The van der Waals surface area contributed by atoms with Crippen LogP contribution in [0.25, 0.3) is 0 Å². The van der Waals surface area contributed by atoms with E-state index >= 15 is 0 Å². The minimum Gasteiger partial charge on any atom is -0.0885 e. The summed E-state index contributed by atoms with van der Waals surface area (Å²) < 4.78 is 0. The van der Waals surface area contributed by atoms with Gasteiger partial charge in [-0.15, -0.1) is 0 Å². The highest BCUT2D eigenvalue weighted by molar-refractivity contribution is 4.85. The third kappa shape index (κ3) is 11.5. The van der Waals surface area contributed by atoms with Crippen LogP contribution in [0.2, 0.25) is 0 Å². The van der Waals surface area contributed by atoms with Gasteiger partial charge in [-0.3, -0.25) is 0 Å². The van der Waals surface area contributed by atoms with Crippen molar-refractivity contribution in [1.82, 2.24) is 0 Å². The average Bonchev–Trinajstić information content (AvgIpc) is 2.21. The van der Waals surface area contributed by atoms with E-state index in [1.807, 2.05) is 0 Å². The molecule has 0 rings (SSSR count). The molecule has 0 spiro atoms. The number of rotatable bonds is 9. The van der Waals surface area contributed by atoms with Gasteiger partial charge in [-0.1, -0.05) is 44.1 Å². The third-order valence-electron chi connectivity index (χ3n) is 2.22. The van der Waals surface area contributed by atoms with Gasteiger partial charge in [0.1, 0.15) is 0 Å². The molecule has 0 fully saturated rings. The molecule has 0 aromatic heterocycles. The SMILES string of the molecule is [CH2]C/C=C/CCC/C=C/CCCCC. The predicted octanol–water partition coefficient (Wildman–Crippen LogP) is 5.07. The van der Waals surface area contributed by atoms with Crippen molar-refractivity contribution in [3.63, 3.8) is 0 Å². The van der Waals surface area contributed by atoms with E-state index in [9.17, 15) is 0 Å². The summed E-state index contributed by atoms with van der Waals surface area (Å²) >= 11 is 0. The summed E-state index contributed by atoms with van der Waals surface area (Å²) in [7, 11) is 0. The van der Waals surface area contributed by atoms with E-state index in [-0.39, 0.29) is 0 Å². The number of allylic oxidation sites excluding steroid dienone is 4. The van der Waals surface area contributed by atoms with E-state index in [1.54, 1.807) is 0 Å². The zero-order chi connectivity index (χ0) is 10.5. The first-order chi connectivity index (χ1) is 6.91. The Bertz CT molecular complexity index is 142. The van der Waals surface area contributed by atoms with Gasteiger partial charge in [0.2, 0.25) is 0 Å². The van der Waals surface area contributed by atoms with E-state index in [0.29, 0.717) is 0 Å². The van der Waals surface area contributed by atoms with Gasteiger partial charge in [0.15, 0.2) is 0 Å². The molecule has 0 atom stereocenters. The van der Waals surface area contributed by atoms with Crippen molar-refractivity contribution in [2.24, 2.45) is 0 Å². The molecular weight excluding hydrogens is 168 g/mol. The lowest BCUT2D eigenvalue weighted by Crippen LogP contribution is -1.72. The number of hydrogen-bond acceptors (Lipinski definition) is 0. The van der Waals surface area contributed by atoms with Gasteiger partial charge in [0.05, 0.1) is 0 Å². The van der Waals surface area contributed by atoms with Crippen molar-refractivity contribution in [2.45, 2.75) is 58.3 Å². The molecule has 0 nitrogen and oxygen atoms in total. The number of unbranched alkanes of at least 4 members (excludes halogenated alkanes) is 5. The molecule has 14 heavy (non-hydrogen) atoms. The summed E-state index contributed by atoms with van der Waals surface area (Å²) in [5, 5.41) is 0. The lowest BCUT2D eigenvalue weighted by Gasteiger charge is -1.92. The Labute approximate surface area is 90.1 Å². The van der Waals surface area contributed by atoms with Crippen LogP contribution in [-0.4, -0.2) is 0 Å². The normalized spacial score (nSPS) is 11.9. The van der Waals surface area contributed by atoms with E-state index in [0.717, 1.165) is 6.42 Å². The molecule has 0 heteroatoms. The molecule has 0 aliphatic rings. The Kier molecular flexibility index (Phi) is 12.0. The van der Waals surface area contributed by atoms with Gasteiger partial charge in [0, 0.05) is 0 Å². The molecular formula is C14H25. The van der Waals surface area contributed by atoms with Crippen LogP contribution >= 0.6 is 0 Å². The maximum atomic E-state index is 3.76. The summed E-state index contributed by atoms with van der Waals surface area (Å²) in [6, 6.07) is 0. The van der Waals surface area contributed by atoms with Crippen LogP contribution in [0.4, 0.5) is 0 Å². The average molecular weight is 193 g/mol. The van der Waals surface area contributed by atoms with Crippen LogP contribution in [0.3, 0.4) is 0 Å². The highest BCUT2D eigenvalue weighted by Gasteiger charge is 1.82. The smallest absolute Gasteiger partial charge is 0.0348 e. The second-order valence-corrected chi connectivity index (χ2v) is 3.66. The first-order valence-corrected chi connectivity index (χ1v) is 6.01. The van der Waals surface area contributed by atoms with Crippen molar-refractivity contribution in [2.75, 3.05) is 0 Å². The highest BCUT2D eigenvalue weighted by Crippen LogP contribution is 2.02. The molecule has 0 amide bonds. The minimum atomic E-state index is 0.923. The Balaban J connectivity index is 3.07. The molecule has 0 heterocycles. The van der Waals surface area contributed by atoms with Gasteiger partial charge in [-0.2, -0.15) is 0 Å². The van der Waals surface area contributed by atoms with Gasteiger partial charge < -0.3 is 0 Å². The zero-order valence-corrected chi connectivity index (χ0v) is 9.67. The van der Waals surface area contributed by atoms with Crippen molar-refractivity contribution < 1.29 is 0 Å². The molecule has 0 aliphatic carbocycles. The Morgan fingerprint density at radius 3 is 1.93 bits per heavy atom. The molecule has 1 radical (unpaired) electrons. The van der Waals surface area contributed by atoms with Crippen molar-refractivity contribution in [3.05, 3.63) is 31.2 Å². The summed E-state index contributed by atoms with van der Waals surface area (Å²) in [4.78, 5) is 0. The summed E-state index contributed by atoms with van der Waals surface area (Å²) in [6.07, 6.45) is 19.0. The van der Waals surface area contributed by atoms with Crippen LogP contribution in [0.15, 0.2) is 24.3 Å². The Morgan fingerprint density at radius 2 is 1.36 bits per heavy atom. The lowest BCUT2D eigenvalue weighted by atomic mass is 10.1. The fourth-order valence-electron chi connectivity index (χ4n) is 1.34. The molecule has 0 saturated carbocycles. The van der Waals surface area contributed by atoms with Crippen LogP contribution < -0.4 is 0 Å². The minimum absolute atomic E-state index is 0.923. The molecule has 0 unspecified atom stereocenters.